The molecule has 2 amide bonds. The molecule has 0 radical (unpaired) electrons. The summed E-state index contributed by atoms with van der Waals surface area (Å²) in [6.45, 7) is 9.93. The van der Waals surface area contributed by atoms with Gasteiger partial charge in [-0.25, -0.2) is 14.8 Å². The van der Waals surface area contributed by atoms with E-state index >= 15 is 0 Å². The van der Waals surface area contributed by atoms with E-state index in [1.54, 1.807) is 39.2 Å². The third-order valence-corrected chi connectivity index (χ3v) is 6.62. The van der Waals surface area contributed by atoms with E-state index < -0.39 is 17.7 Å². The molecule has 9 nitrogen and oxygen atoms in total. The number of benzene rings is 1. The fraction of sp³-hybridized carbons (Fsp3) is 0.538. The lowest BCUT2D eigenvalue weighted by Crippen LogP contribution is -2.56. The summed E-state index contributed by atoms with van der Waals surface area (Å²) < 4.78 is 5.43. The smallest absolute Gasteiger partial charge is 0.408 e. The summed E-state index contributed by atoms with van der Waals surface area (Å²) >= 11 is 6.02. The van der Waals surface area contributed by atoms with Crippen LogP contribution in [0.4, 0.5) is 16.4 Å². The van der Waals surface area contributed by atoms with Crippen LogP contribution in [0.3, 0.4) is 0 Å². The molecular weight excluding hydrogens is 480 g/mol. The van der Waals surface area contributed by atoms with Crippen LogP contribution in [0.2, 0.25) is 5.02 Å². The highest BCUT2D eigenvalue weighted by Gasteiger charge is 2.32. The molecule has 10 heteroatoms. The molecule has 2 N–H and O–H groups in total. The lowest BCUT2D eigenvalue weighted by Gasteiger charge is -2.38. The second-order valence-electron chi connectivity index (χ2n) is 10.5. The van der Waals surface area contributed by atoms with Gasteiger partial charge in [0, 0.05) is 49.2 Å². The van der Waals surface area contributed by atoms with Crippen LogP contribution in [0.15, 0.2) is 30.6 Å². The molecule has 1 fully saturated rings. The molecule has 3 heterocycles. The second-order valence-corrected chi connectivity index (χ2v) is 10.9. The van der Waals surface area contributed by atoms with Crippen molar-refractivity contribution in [3.63, 3.8) is 0 Å². The van der Waals surface area contributed by atoms with Gasteiger partial charge < -0.3 is 25.2 Å². The number of rotatable bonds is 5. The fourth-order valence-electron chi connectivity index (χ4n) is 4.56. The summed E-state index contributed by atoms with van der Waals surface area (Å²) in [5, 5.41) is 6.85. The summed E-state index contributed by atoms with van der Waals surface area (Å²) in [5.74, 6) is 1.72. The molecule has 0 aliphatic carbocycles. The lowest BCUT2D eigenvalue weighted by atomic mass is 10.0. The van der Waals surface area contributed by atoms with Crippen molar-refractivity contribution >= 4 is 35.2 Å². The van der Waals surface area contributed by atoms with Crippen LogP contribution in [0.25, 0.3) is 0 Å². The SMILES string of the molecule is C[C@H]1CCc2c(ncnc2N2CCN(C(=O)C(Cc3ccc(Cl)cc3)NC(=O)OC(C)(C)C)CC2)N1. The molecule has 0 spiro atoms. The maximum atomic E-state index is 13.6. The highest BCUT2D eigenvalue weighted by Crippen LogP contribution is 2.30. The van der Waals surface area contributed by atoms with Gasteiger partial charge in [0.25, 0.3) is 0 Å². The second kappa shape index (κ2) is 10.9. The molecule has 194 valence electrons. The van der Waals surface area contributed by atoms with Gasteiger partial charge in [0.15, 0.2) is 0 Å². The van der Waals surface area contributed by atoms with Crippen molar-refractivity contribution in [2.45, 2.75) is 64.6 Å². The van der Waals surface area contributed by atoms with Crippen LogP contribution in [0.1, 0.15) is 45.2 Å². The van der Waals surface area contributed by atoms with Crippen molar-refractivity contribution in [3.8, 4) is 0 Å². The van der Waals surface area contributed by atoms with Crippen LogP contribution < -0.4 is 15.5 Å². The van der Waals surface area contributed by atoms with Gasteiger partial charge in [0.05, 0.1) is 0 Å². The van der Waals surface area contributed by atoms with E-state index in [-0.39, 0.29) is 5.91 Å². The average molecular weight is 515 g/mol. The molecule has 2 atom stereocenters. The molecule has 1 saturated heterocycles. The van der Waals surface area contributed by atoms with Gasteiger partial charge in [0.2, 0.25) is 5.91 Å². The van der Waals surface area contributed by atoms with Crippen LogP contribution in [0, 0.1) is 0 Å². The Labute approximate surface area is 217 Å². The van der Waals surface area contributed by atoms with E-state index in [0.29, 0.717) is 43.7 Å². The average Bonchev–Trinajstić information content (AvgIpc) is 2.83. The van der Waals surface area contributed by atoms with Crippen molar-refractivity contribution in [2.24, 2.45) is 0 Å². The Kier molecular flexibility index (Phi) is 7.88. The van der Waals surface area contributed by atoms with Gasteiger partial charge in [-0.15, -0.1) is 0 Å². The number of nitrogens with zero attached hydrogens (tertiary/aromatic N) is 4. The van der Waals surface area contributed by atoms with E-state index in [2.05, 4.69) is 32.4 Å². The fourth-order valence-corrected chi connectivity index (χ4v) is 4.69. The molecule has 0 saturated carbocycles. The van der Waals surface area contributed by atoms with Gasteiger partial charge in [-0.2, -0.15) is 0 Å². The Morgan fingerprint density at radius 1 is 1.17 bits per heavy atom. The molecule has 2 aromatic rings. The summed E-state index contributed by atoms with van der Waals surface area (Å²) in [7, 11) is 0. The van der Waals surface area contributed by atoms with Gasteiger partial charge in [0.1, 0.15) is 29.6 Å². The maximum Gasteiger partial charge on any atom is 0.408 e. The highest BCUT2D eigenvalue weighted by atomic mass is 35.5. The monoisotopic (exact) mass is 514 g/mol. The molecule has 2 aliphatic heterocycles. The number of piperazine rings is 1. The third kappa shape index (κ3) is 6.57. The number of halogens is 1. The number of carbonyl (C=O) groups is 2. The first-order chi connectivity index (χ1) is 17.1. The number of hydrogen-bond donors (Lipinski definition) is 2. The first kappa shape index (κ1) is 26.0. The Morgan fingerprint density at radius 2 is 1.86 bits per heavy atom. The quantitative estimate of drug-likeness (QED) is 0.628. The molecule has 4 rings (SSSR count). The minimum Gasteiger partial charge on any atom is -0.444 e. The molecule has 1 unspecified atom stereocenters. The largest absolute Gasteiger partial charge is 0.444 e. The first-order valence-electron chi connectivity index (χ1n) is 12.5. The van der Waals surface area contributed by atoms with Gasteiger partial charge >= 0.3 is 6.09 Å². The standard InChI is InChI=1S/C26H35ClN6O3/c1-17-5-10-20-22(30-17)28-16-29-23(20)32-11-13-33(14-12-32)24(34)21(31-25(35)36-26(2,3)4)15-18-6-8-19(27)9-7-18/h6-9,16-17,21H,5,10-15H2,1-4H3,(H,31,35)(H,28,29,30)/t17-,21?/m0/s1. The third-order valence-electron chi connectivity index (χ3n) is 6.37. The van der Waals surface area contributed by atoms with Gasteiger partial charge in [-0.3, -0.25) is 4.79 Å². The molecule has 1 aromatic carbocycles. The Morgan fingerprint density at radius 3 is 2.53 bits per heavy atom. The molecular formula is C26H35ClN6O3. The Bertz CT molecular complexity index is 1080. The van der Waals surface area contributed by atoms with Crippen LogP contribution in [-0.2, 0) is 22.4 Å². The highest BCUT2D eigenvalue weighted by molar-refractivity contribution is 6.30. The summed E-state index contributed by atoms with van der Waals surface area (Å²) in [4.78, 5) is 39.1. The number of ether oxygens (including phenoxy) is 1. The number of alkyl carbamates (subject to hydrolysis) is 1. The topological polar surface area (TPSA) is 99.7 Å². The maximum absolute atomic E-state index is 13.6. The number of aromatic nitrogens is 2. The van der Waals surface area contributed by atoms with Crippen molar-refractivity contribution in [3.05, 3.63) is 46.7 Å². The minimum absolute atomic E-state index is 0.129. The predicted octanol–water partition coefficient (Wildman–Crippen LogP) is 3.66. The van der Waals surface area contributed by atoms with Crippen molar-refractivity contribution in [2.75, 3.05) is 36.4 Å². The molecule has 0 bridgehead atoms. The normalized spacial score (nSPS) is 18.6. The Hall–Kier alpha value is -3.07. The molecule has 36 heavy (non-hydrogen) atoms. The predicted molar refractivity (Wildman–Crippen MR) is 141 cm³/mol. The Balaban J connectivity index is 1.44. The zero-order chi connectivity index (χ0) is 25.9. The molecule has 1 aromatic heterocycles. The van der Waals surface area contributed by atoms with Crippen LogP contribution in [-0.4, -0.2) is 70.7 Å². The number of anilines is 2. The zero-order valence-corrected chi connectivity index (χ0v) is 22.1. The molecule has 2 aliphatic rings. The van der Waals surface area contributed by atoms with E-state index in [1.807, 2.05) is 17.0 Å². The number of hydrogen-bond acceptors (Lipinski definition) is 7. The zero-order valence-electron chi connectivity index (χ0n) is 21.4. The number of amides is 2. The first-order valence-corrected chi connectivity index (χ1v) is 12.8. The summed E-state index contributed by atoms with van der Waals surface area (Å²) in [5.41, 5.74) is 1.39. The van der Waals surface area contributed by atoms with Gasteiger partial charge in [-0.1, -0.05) is 23.7 Å². The van der Waals surface area contributed by atoms with E-state index in [9.17, 15) is 9.59 Å². The van der Waals surface area contributed by atoms with E-state index in [1.165, 1.54) is 0 Å². The van der Waals surface area contributed by atoms with Crippen molar-refractivity contribution < 1.29 is 14.3 Å². The van der Waals surface area contributed by atoms with E-state index in [4.69, 9.17) is 16.3 Å². The summed E-state index contributed by atoms with van der Waals surface area (Å²) in [6.07, 6.45) is 3.31. The van der Waals surface area contributed by atoms with Crippen molar-refractivity contribution in [1.29, 1.82) is 0 Å². The van der Waals surface area contributed by atoms with E-state index in [0.717, 1.165) is 35.6 Å². The van der Waals surface area contributed by atoms with Crippen LogP contribution >= 0.6 is 11.6 Å². The number of nitrogens with one attached hydrogen (secondary N) is 2. The van der Waals surface area contributed by atoms with Crippen molar-refractivity contribution in [1.82, 2.24) is 20.2 Å². The van der Waals surface area contributed by atoms with Gasteiger partial charge in [-0.05, 0) is 58.2 Å². The summed E-state index contributed by atoms with van der Waals surface area (Å²) in [6, 6.07) is 6.94. The lowest BCUT2D eigenvalue weighted by molar-refractivity contribution is -0.133. The number of fused-ring (bicyclic) bond motifs is 1. The minimum atomic E-state index is -0.745. The number of carbonyl (C=O) groups excluding carboxylic acids is 2. The van der Waals surface area contributed by atoms with Crippen LogP contribution in [0.5, 0.6) is 0 Å².